The molecule has 2 aromatic rings. The van der Waals surface area contributed by atoms with Gasteiger partial charge in [-0.25, -0.2) is 0 Å². The minimum atomic E-state index is -0.225. The van der Waals surface area contributed by atoms with E-state index in [9.17, 15) is 9.59 Å². The molecule has 3 aliphatic rings. The number of anilines is 1. The van der Waals surface area contributed by atoms with Crippen molar-refractivity contribution < 1.29 is 19.1 Å². The molecule has 5 rings (SSSR count). The third-order valence-electron chi connectivity index (χ3n) is 8.19. The zero-order chi connectivity index (χ0) is 25.3. The highest BCUT2D eigenvalue weighted by molar-refractivity contribution is 5.94. The van der Waals surface area contributed by atoms with E-state index in [0.29, 0.717) is 13.1 Å². The van der Waals surface area contributed by atoms with Crippen LogP contribution in [-0.4, -0.2) is 69.3 Å². The van der Waals surface area contributed by atoms with Gasteiger partial charge in [0, 0.05) is 55.9 Å². The molecule has 0 bridgehead atoms. The molecule has 7 nitrogen and oxygen atoms in total. The van der Waals surface area contributed by atoms with E-state index < -0.39 is 0 Å². The van der Waals surface area contributed by atoms with Crippen molar-refractivity contribution in [3.63, 3.8) is 0 Å². The Hall–Kier alpha value is -2.90. The Labute approximate surface area is 213 Å². The maximum absolute atomic E-state index is 13.4. The minimum Gasteiger partial charge on any atom is -0.378 e. The maximum atomic E-state index is 13.4. The molecule has 2 atom stereocenters. The number of nitrogens with zero attached hydrogens (tertiary/aromatic N) is 2. The maximum Gasteiger partial charge on any atom is 0.253 e. The van der Waals surface area contributed by atoms with E-state index in [4.69, 9.17) is 9.47 Å². The van der Waals surface area contributed by atoms with Gasteiger partial charge in [-0.3, -0.25) is 9.59 Å². The lowest BCUT2D eigenvalue weighted by Gasteiger charge is -2.44. The van der Waals surface area contributed by atoms with E-state index >= 15 is 0 Å². The molecule has 0 radical (unpaired) electrons. The monoisotopic (exact) mass is 491 g/mol. The smallest absolute Gasteiger partial charge is 0.253 e. The van der Waals surface area contributed by atoms with E-state index in [0.717, 1.165) is 56.0 Å². The van der Waals surface area contributed by atoms with Crippen molar-refractivity contribution >= 4 is 17.5 Å². The fraction of sp³-hybridized carbons (Fsp3) is 0.517. The topological polar surface area (TPSA) is 71.1 Å². The van der Waals surface area contributed by atoms with E-state index in [1.807, 2.05) is 49.1 Å². The molecule has 0 aromatic heterocycles. The van der Waals surface area contributed by atoms with Crippen molar-refractivity contribution in [2.45, 2.75) is 44.2 Å². The Morgan fingerprint density at radius 2 is 1.67 bits per heavy atom. The van der Waals surface area contributed by atoms with Gasteiger partial charge in [-0.05, 0) is 48.2 Å². The van der Waals surface area contributed by atoms with Crippen LogP contribution in [0.5, 0.6) is 0 Å². The van der Waals surface area contributed by atoms with Gasteiger partial charge in [0.15, 0.2) is 0 Å². The number of carbonyl (C=O) groups excluding carboxylic acids is 2. The average Bonchev–Trinajstić information content (AvgIpc) is 3.17. The Morgan fingerprint density at radius 3 is 2.31 bits per heavy atom. The first kappa shape index (κ1) is 24.8. The van der Waals surface area contributed by atoms with Crippen molar-refractivity contribution in [2.24, 2.45) is 5.92 Å². The normalized spacial score (nSPS) is 23.1. The van der Waals surface area contributed by atoms with Crippen molar-refractivity contribution in [3.8, 4) is 0 Å². The first-order chi connectivity index (χ1) is 17.4. The van der Waals surface area contributed by atoms with Crippen LogP contribution in [-0.2, 0) is 19.7 Å². The Kier molecular flexibility index (Phi) is 7.04. The summed E-state index contributed by atoms with van der Waals surface area (Å²) in [4.78, 5) is 30.3. The number of hydrogen-bond acceptors (Lipinski definition) is 5. The predicted molar refractivity (Wildman–Crippen MR) is 139 cm³/mol. The zero-order valence-corrected chi connectivity index (χ0v) is 21.5. The number of likely N-dealkylation sites (tertiary alicyclic amines) is 1. The fourth-order valence-electron chi connectivity index (χ4n) is 6.17. The minimum absolute atomic E-state index is 0.0297. The third kappa shape index (κ3) is 4.39. The summed E-state index contributed by atoms with van der Waals surface area (Å²) >= 11 is 0. The van der Waals surface area contributed by atoms with E-state index in [1.54, 1.807) is 7.11 Å². The number of nitrogens with one attached hydrogen (secondary N) is 1. The van der Waals surface area contributed by atoms with Crippen LogP contribution in [0.25, 0.3) is 0 Å². The van der Waals surface area contributed by atoms with Crippen molar-refractivity contribution in [1.82, 2.24) is 10.2 Å². The van der Waals surface area contributed by atoms with Gasteiger partial charge < -0.3 is 24.6 Å². The van der Waals surface area contributed by atoms with Crippen molar-refractivity contribution in [2.75, 3.05) is 51.4 Å². The van der Waals surface area contributed by atoms with Gasteiger partial charge in [0.1, 0.15) is 0 Å². The largest absolute Gasteiger partial charge is 0.378 e. The van der Waals surface area contributed by atoms with Crippen LogP contribution < -0.4 is 10.2 Å². The second kappa shape index (κ2) is 10.2. The standard InChI is InChI=1S/C29H37N3O4/c1-20(2)27(33)30-25-23-6-4-5-7-24(23)29(26(25)35-3)12-14-32(15-13-29)28(34)21-8-10-22(11-9-21)31-16-18-36-19-17-31/h4-11,20,25-26H,12-19H2,1-3H3,(H,30,33)/t25-,26+/m1/s1. The van der Waals surface area contributed by atoms with Gasteiger partial charge in [-0.1, -0.05) is 38.1 Å². The van der Waals surface area contributed by atoms with Gasteiger partial charge in [-0.15, -0.1) is 0 Å². The first-order valence-electron chi connectivity index (χ1n) is 13.1. The number of piperidine rings is 1. The Morgan fingerprint density at radius 1 is 1.00 bits per heavy atom. The number of morpholine rings is 1. The van der Waals surface area contributed by atoms with Gasteiger partial charge in [0.25, 0.3) is 5.91 Å². The number of carbonyl (C=O) groups is 2. The molecule has 1 aliphatic carbocycles. The van der Waals surface area contributed by atoms with Crippen LogP contribution in [0.15, 0.2) is 48.5 Å². The van der Waals surface area contributed by atoms with Crippen LogP contribution >= 0.6 is 0 Å². The number of fused-ring (bicyclic) bond motifs is 2. The number of rotatable bonds is 5. The van der Waals surface area contributed by atoms with E-state index in [2.05, 4.69) is 28.4 Å². The predicted octanol–water partition coefficient (Wildman–Crippen LogP) is 3.54. The van der Waals surface area contributed by atoms with Crippen molar-refractivity contribution in [1.29, 1.82) is 0 Å². The van der Waals surface area contributed by atoms with E-state index in [1.165, 1.54) is 5.56 Å². The summed E-state index contributed by atoms with van der Waals surface area (Å²) in [6.07, 6.45) is 1.44. The molecule has 2 amide bonds. The lowest BCUT2D eigenvalue weighted by Crippen LogP contribution is -2.52. The molecular weight excluding hydrogens is 454 g/mol. The fourth-order valence-corrected chi connectivity index (χ4v) is 6.17. The van der Waals surface area contributed by atoms with Crippen LogP contribution in [0, 0.1) is 5.92 Å². The molecular formula is C29H37N3O4. The first-order valence-corrected chi connectivity index (χ1v) is 13.1. The summed E-state index contributed by atoms with van der Waals surface area (Å²) in [6, 6.07) is 16.2. The molecule has 7 heteroatoms. The molecule has 1 spiro atoms. The number of benzene rings is 2. The zero-order valence-electron chi connectivity index (χ0n) is 21.5. The summed E-state index contributed by atoms with van der Waals surface area (Å²) < 4.78 is 11.5. The quantitative estimate of drug-likeness (QED) is 0.693. The van der Waals surface area contributed by atoms with Crippen molar-refractivity contribution in [3.05, 3.63) is 65.2 Å². The SMILES string of the molecule is CO[C@H]1[C@H](NC(=O)C(C)C)c2ccccc2C12CCN(C(=O)c1ccc(N3CCOCC3)cc1)CC2. The molecule has 2 aromatic carbocycles. The molecule has 36 heavy (non-hydrogen) atoms. The number of methoxy groups -OCH3 is 1. The number of ether oxygens (including phenoxy) is 2. The molecule has 1 N–H and O–H groups in total. The summed E-state index contributed by atoms with van der Waals surface area (Å²) in [5.74, 6) is 0.00523. The van der Waals surface area contributed by atoms with Gasteiger partial charge in [0.05, 0.1) is 25.4 Å². The molecule has 0 unspecified atom stereocenters. The molecule has 2 saturated heterocycles. The highest BCUT2D eigenvalue weighted by atomic mass is 16.5. The Balaban J connectivity index is 1.31. The Bertz CT molecular complexity index is 1090. The highest BCUT2D eigenvalue weighted by Gasteiger charge is 2.54. The lowest BCUT2D eigenvalue weighted by atomic mass is 9.71. The molecule has 192 valence electrons. The third-order valence-corrected chi connectivity index (χ3v) is 8.19. The summed E-state index contributed by atoms with van der Waals surface area (Å²) in [5, 5.41) is 3.24. The number of amides is 2. The average molecular weight is 492 g/mol. The summed E-state index contributed by atoms with van der Waals surface area (Å²) in [5.41, 5.74) is 4.01. The molecule has 2 fully saturated rings. The molecule has 0 saturated carbocycles. The highest BCUT2D eigenvalue weighted by Crippen LogP contribution is 2.52. The van der Waals surface area contributed by atoms with Crippen LogP contribution in [0.4, 0.5) is 5.69 Å². The summed E-state index contributed by atoms with van der Waals surface area (Å²) in [6.45, 7) is 8.36. The molecule has 2 heterocycles. The number of hydrogen-bond donors (Lipinski definition) is 1. The lowest BCUT2D eigenvalue weighted by molar-refractivity contribution is -0.126. The van der Waals surface area contributed by atoms with Gasteiger partial charge in [0.2, 0.25) is 5.91 Å². The van der Waals surface area contributed by atoms with Crippen LogP contribution in [0.2, 0.25) is 0 Å². The summed E-state index contributed by atoms with van der Waals surface area (Å²) in [7, 11) is 1.74. The van der Waals surface area contributed by atoms with Crippen LogP contribution in [0.3, 0.4) is 0 Å². The molecule has 2 aliphatic heterocycles. The second-order valence-corrected chi connectivity index (χ2v) is 10.5. The van der Waals surface area contributed by atoms with Gasteiger partial charge in [-0.2, -0.15) is 0 Å². The van der Waals surface area contributed by atoms with E-state index in [-0.39, 0.29) is 35.3 Å². The van der Waals surface area contributed by atoms with Crippen LogP contribution in [0.1, 0.15) is 54.2 Å². The second-order valence-electron chi connectivity index (χ2n) is 10.5. The van der Waals surface area contributed by atoms with Gasteiger partial charge >= 0.3 is 0 Å².